The molecule has 0 aliphatic rings. The first-order valence-electron chi connectivity index (χ1n) is 4.50. The molecule has 0 saturated heterocycles. The summed E-state index contributed by atoms with van der Waals surface area (Å²) in [6.45, 7) is 7.04. The van der Waals surface area contributed by atoms with Crippen LogP contribution in [0, 0.1) is 6.92 Å². The van der Waals surface area contributed by atoms with Gasteiger partial charge in [-0.05, 0) is 18.6 Å². The molecular weight excluding hydrogens is 176 g/mol. The average molecular weight is 190 g/mol. The van der Waals surface area contributed by atoms with Crippen molar-refractivity contribution in [3.8, 4) is 0 Å². The monoisotopic (exact) mass is 190 g/mol. The number of carbonyl (C=O) groups is 1. The summed E-state index contributed by atoms with van der Waals surface area (Å²) in [5.74, 6) is -0.296. The lowest BCUT2D eigenvalue weighted by Gasteiger charge is -2.12. The number of aryl methyl sites for hydroxylation is 1. The largest absolute Gasteiger partial charge is 0.453 e. The summed E-state index contributed by atoms with van der Waals surface area (Å²) >= 11 is 0. The molecule has 0 radical (unpaired) electrons. The Balaban J connectivity index is 2.84. The van der Waals surface area contributed by atoms with Crippen molar-refractivity contribution in [1.82, 2.24) is 0 Å². The van der Waals surface area contributed by atoms with E-state index in [9.17, 15) is 4.79 Å². The number of hydrogen-bond acceptors (Lipinski definition) is 2. The number of benzene rings is 1. The van der Waals surface area contributed by atoms with E-state index in [1.54, 1.807) is 6.08 Å². The van der Waals surface area contributed by atoms with Gasteiger partial charge in [0.05, 0.1) is 0 Å². The molecule has 74 valence electrons. The lowest BCUT2D eigenvalue weighted by Crippen LogP contribution is -2.05. The Hall–Kier alpha value is -1.57. The van der Waals surface area contributed by atoms with E-state index in [-0.39, 0.29) is 12.1 Å². The first kappa shape index (κ1) is 10.5. The van der Waals surface area contributed by atoms with Gasteiger partial charge in [0.15, 0.2) is 0 Å². The smallest absolute Gasteiger partial charge is 0.303 e. The van der Waals surface area contributed by atoms with Gasteiger partial charge < -0.3 is 4.74 Å². The highest BCUT2D eigenvalue weighted by molar-refractivity contribution is 5.66. The Morgan fingerprint density at radius 3 is 2.43 bits per heavy atom. The van der Waals surface area contributed by atoms with E-state index in [1.807, 2.05) is 31.2 Å². The van der Waals surface area contributed by atoms with E-state index in [0.29, 0.717) is 0 Å². The van der Waals surface area contributed by atoms with Crippen molar-refractivity contribution in [2.45, 2.75) is 20.0 Å². The van der Waals surface area contributed by atoms with Gasteiger partial charge in [-0.25, -0.2) is 0 Å². The van der Waals surface area contributed by atoms with Crippen LogP contribution in [0.15, 0.2) is 36.9 Å². The van der Waals surface area contributed by atoms with Gasteiger partial charge in [-0.2, -0.15) is 0 Å². The minimum Gasteiger partial charge on any atom is -0.453 e. The Bertz CT molecular complexity index is 325. The third kappa shape index (κ3) is 2.73. The van der Waals surface area contributed by atoms with Crippen LogP contribution in [0.1, 0.15) is 24.2 Å². The molecule has 0 N–H and O–H groups in total. The summed E-state index contributed by atoms with van der Waals surface area (Å²) in [6.07, 6.45) is 1.28. The molecule has 0 bridgehead atoms. The quantitative estimate of drug-likeness (QED) is 0.541. The zero-order valence-electron chi connectivity index (χ0n) is 8.49. The van der Waals surface area contributed by atoms with Crippen molar-refractivity contribution in [2.75, 3.05) is 0 Å². The van der Waals surface area contributed by atoms with Gasteiger partial charge >= 0.3 is 5.97 Å². The van der Waals surface area contributed by atoms with Gasteiger partial charge in [0.25, 0.3) is 0 Å². The van der Waals surface area contributed by atoms with Crippen LogP contribution in [0.25, 0.3) is 0 Å². The van der Waals surface area contributed by atoms with E-state index in [2.05, 4.69) is 6.58 Å². The topological polar surface area (TPSA) is 26.3 Å². The Morgan fingerprint density at radius 2 is 2.00 bits per heavy atom. The second kappa shape index (κ2) is 4.61. The molecule has 1 aromatic rings. The fourth-order valence-electron chi connectivity index (χ4n) is 1.19. The van der Waals surface area contributed by atoms with Gasteiger partial charge in [-0.1, -0.05) is 36.4 Å². The normalized spacial score (nSPS) is 11.9. The molecule has 0 aliphatic heterocycles. The summed E-state index contributed by atoms with van der Waals surface area (Å²) in [7, 11) is 0. The SMILES string of the molecule is C=C[C@@H](OC(C)=O)c1ccc(C)cc1. The van der Waals surface area contributed by atoms with Gasteiger partial charge in [0, 0.05) is 6.92 Å². The number of rotatable bonds is 3. The predicted octanol–water partition coefficient (Wildman–Crippen LogP) is 2.79. The third-order valence-electron chi connectivity index (χ3n) is 1.91. The third-order valence-corrected chi connectivity index (χ3v) is 1.91. The van der Waals surface area contributed by atoms with Crippen LogP contribution in [0.2, 0.25) is 0 Å². The molecule has 0 heterocycles. The second-order valence-corrected chi connectivity index (χ2v) is 3.18. The fraction of sp³-hybridized carbons (Fsp3) is 0.250. The second-order valence-electron chi connectivity index (χ2n) is 3.18. The zero-order chi connectivity index (χ0) is 10.6. The van der Waals surface area contributed by atoms with Crippen molar-refractivity contribution < 1.29 is 9.53 Å². The highest BCUT2D eigenvalue weighted by Crippen LogP contribution is 2.18. The van der Waals surface area contributed by atoms with Crippen LogP contribution in [-0.2, 0) is 9.53 Å². The van der Waals surface area contributed by atoms with Crippen LogP contribution in [-0.4, -0.2) is 5.97 Å². The maximum Gasteiger partial charge on any atom is 0.303 e. The van der Waals surface area contributed by atoms with Crippen molar-refractivity contribution in [2.24, 2.45) is 0 Å². The van der Waals surface area contributed by atoms with Crippen LogP contribution >= 0.6 is 0 Å². The minimum atomic E-state index is -0.340. The number of carbonyl (C=O) groups excluding carboxylic acids is 1. The van der Waals surface area contributed by atoms with Gasteiger partial charge in [0.2, 0.25) is 0 Å². The highest BCUT2D eigenvalue weighted by atomic mass is 16.5. The van der Waals surface area contributed by atoms with Crippen LogP contribution in [0.4, 0.5) is 0 Å². The van der Waals surface area contributed by atoms with E-state index >= 15 is 0 Å². The van der Waals surface area contributed by atoms with Crippen LogP contribution < -0.4 is 0 Å². The molecule has 0 spiro atoms. The summed E-state index contributed by atoms with van der Waals surface area (Å²) in [6, 6.07) is 7.83. The Morgan fingerprint density at radius 1 is 1.43 bits per heavy atom. The van der Waals surface area contributed by atoms with E-state index in [0.717, 1.165) is 5.56 Å². The number of hydrogen-bond donors (Lipinski definition) is 0. The molecule has 0 saturated carbocycles. The molecular formula is C12H14O2. The average Bonchev–Trinajstić information content (AvgIpc) is 2.15. The van der Waals surface area contributed by atoms with Crippen molar-refractivity contribution in [1.29, 1.82) is 0 Å². The lowest BCUT2D eigenvalue weighted by atomic mass is 10.1. The standard InChI is InChI=1S/C12H14O2/c1-4-12(14-10(3)13)11-7-5-9(2)6-8-11/h4-8,12H,1H2,2-3H3/t12-/m1/s1. The van der Waals surface area contributed by atoms with Crippen LogP contribution in [0.3, 0.4) is 0 Å². The lowest BCUT2D eigenvalue weighted by molar-refractivity contribution is -0.144. The molecule has 1 aromatic carbocycles. The molecule has 0 amide bonds. The summed E-state index contributed by atoms with van der Waals surface area (Å²) in [5, 5.41) is 0. The molecule has 0 aromatic heterocycles. The summed E-state index contributed by atoms with van der Waals surface area (Å²) in [5.41, 5.74) is 2.13. The zero-order valence-corrected chi connectivity index (χ0v) is 8.49. The van der Waals surface area contributed by atoms with E-state index in [4.69, 9.17) is 4.74 Å². The molecule has 0 aliphatic carbocycles. The van der Waals surface area contributed by atoms with Crippen LogP contribution in [0.5, 0.6) is 0 Å². The molecule has 14 heavy (non-hydrogen) atoms. The van der Waals surface area contributed by atoms with E-state index in [1.165, 1.54) is 12.5 Å². The molecule has 2 heteroatoms. The Labute approximate surface area is 84.2 Å². The van der Waals surface area contributed by atoms with Crippen molar-refractivity contribution >= 4 is 5.97 Å². The molecule has 0 fully saturated rings. The Kier molecular flexibility index (Phi) is 3.46. The molecule has 1 atom stereocenters. The van der Waals surface area contributed by atoms with Gasteiger partial charge in [-0.15, -0.1) is 0 Å². The summed E-state index contributed by atoms with van der Waals surface area (Å²) < 4.78 is 5.07. The molecule has 2 nitrogen and oxygen atoms in total. The minimum absolute atomic E-state index is 0.296. The maximum absolute atomic E-state index is 10.8. The van der Waals surface area contributed by atoms with Crippen molar-refractivity contribution in [3.05, 3.63) is 48.0 Å². The maximum atomic E-state index is 10.8. The molecule has 1 rings (SSSR count). The highest BCUT2D eigenvalue weighted by Gasteiger charge is 2.09. The van der Waals surface area contributed by atoms with Gasteiger partial charge in [0.1, 0.15) is 6.10 Å². The number of ether oxygens (including phenoxy) is 1. The van der Waals surface area contributed by atoms with Gasteiger partial charge in [-0.3, -0.25) is 4.79 Å². The predicted molar refractivity (Wildman–Crippen MR) is 55.9 cm³/mol. The molecule has 0 unspecified atom stereocenters. The first-order valence-corrected chi connectivity index (χ1v) is 4.50. The van der Waals surface area contributed by atoms with E-state index < -0.39 is 0 Å². The number of esters is 1. The fourth-order valence-corrected chi connectivity index (χ4v) is 1.19. The first-order chi connectivity index (χ1) is 6.63. The van der Waals surface area contributed by atoms with Crippen molar-refractivity contribution in [3.63, 3.8) is 0 Å². The summed E-state index contributed by atoms with van der Waals surface area (Å²) in [4.78, 5) is 10.8.